The normalized spacial score (nSPS) is 16.6. The van der Waals surface area contributed by atoms with Gasteiger partial charge in [0.25, 0.3) is 5.91 Å². The summed E-state index contributed by atoms with van der Waals surface area (Å²) in [6, 6.07) is 33.8. The molecule has 1 aliphatic heterocycles. The van der Waals surface area contributed by atoms with Crippen LogP contribution in [0.2, 0.25) is 0 Å². The van der Waals surface area contributed by atoms with Crippen LogP contribution in [0, 0.1) is 17.2 Å². The molecule has 0 N–H and O–H groups in total. The largest absolute Gasteiger partial charge is 0.497 e. The zero-order valence-corrected chi connectivity index (χ0v) is 21.0. The van der Waals surface area contributed by atoms with Gasteiger partial charge in [0.1, 0.15) is 5.75 Å². The fourth-order valence-corrected chi connectivity index (χ4v) is 4.76. The molecule has 0 unspecified atom stereocenters. The number of rotatable bonds is 7. The highest BCUT2D eigenvalue weighted by atomic mass is 16.5. The Kier molecular flexibility index (Phi) is 7.15. The third-order valence-electron chi connectivity index (χ3n) is 6.84. The summed E-state index contributed by atoms with van der Waals surface area (Å²) in [6.07, 6.45) is 4.33. The van der Waals surface area contributed by atoms with Crippen LogP contribution in [0.5, 0.6) is 5.75 Å². The number of hydrogen-bond donors (Lipinski definition) is 0. The minimum absolute atomic E-state index is 0.209. The molecule has 4 aromatic rings. The van der Waals surface area contributed by atoms with Crippen molar-refractivity contribution in [2.45, 2.75) is 12.5 Å². The van der Waals surface area contributed by atoms with Crippen LogP contribution < -0.4 is 4.74 Å². The summed E-state index contributed by atoms with van der Waals surface area (Å²) in [4.78, 5) is 28.1. The smallest absolute Gasteiger partial charge is 0.261 e. The van der Waals surface area contributed by atoms with Crippen LogP contribution in [0.25, 0.3) is 17.2 Å². The number of ether oxygens (including phenoxy) is 1. The first-order chi connectivity index (χ1) is 18.6. The second-order valence-corrected chi connectivity index (χ2v) is 9.20. The van der Waals surface area contributed by atoms with E-state index in [0.29, 0.717) is 17.5 Å². The summed E-state index contributed by atoms with van der Waals surface area (Å²) in [5.74, 6) is -0.132. The van der Waals surface area contributed by atoms with Crippen LogP contribution >= 0.6 is 0 Å². The molecule has 4 aromatic carbocycles. The van der Waals surface area contributed by atoms with Gasteiger partial charge in [-0.3, -0.25) is 14.5 Å². The summed E-state index contributed by atoms with van der Waals surface area (Å²) < 4.78 is 5.22. The van der Waals surface area contributed by atoms with E-state index in [1.807, 2.05) is 91.0 Å². The van der Waals surface area contributed by atoms with Crippen molar-refractivity contribution in [2.24, 2.45) is 5.92 Å². The summed E-state index contributed by atoms with van der Waals surface area (Å²) in [6.45, 7) is 0. The molecule has 5 heteroatoms. The Morgan fingerprint density at radius 2 is 1.61 bits per heavy atom. The molecule has 0 bridgehead atoms. The molecule has 38 heavy (non-hydrogen) atoms. The third kappa shape index (κ3) is 5.11. The van der Waals surface area contributed by atoms with E-state index in [1.165, 1.54) is 4.90 Å². The maximum absolute atomic E-state index is 13.5. The Morgan fingerprint density at radius 3 is 2.26 bits per heavy atom. The zero-order valence-electron chi connectivity index (χ0n) is 21.0. The summed E-state index contributed by atoms with van der Waals surface area (Å²) >= 11 is 0. The maximum atomic E-state index is 13.5. The number of carbonyl (C=O) groups is 2. The molecule has 0 saturated carbocycles. The van der Waals surface area contributed by atoms with Crippen molar-refractivity contribution in [2.75, 3.05) is 7.11 Å². The predicted octanol–water partition coefficient (Wildman–Crippen LogP) is 6.16. The van der Waals surface area contributed by atoms with Crippen LogP contribution in [-0.4, -0.2) is 29.9 Å². The Balaban J connectivity index is 1.39. The van der Waals surface area contributed by atoms with Gasteiger partial charge in [-0.05, 0) is 65.1 Å². The Bertz CT molecular complexity index is 1520. The molecule has 1 aliphatic rings. The monoisotopic (exact) mass is 498 g/mol. The molecule has 5 rings (SSSR count). The average molecular weight is 499 g/mol. The first-order valence-electron chi connectivity index (χ1n) is 12.4. The molecule has 2 atom stereocenters. The Hall–Kier alpha value is -4.95. The van der Waals surface area contributed by atoms with Gasteiger partial charge in [-0.1, -0.05) is 78.9 Å². The van der Waals surface area contributed by atoms with E-state index in [2.05, 4.69) is 6.07 Å². The van der Waals surface area contributed by atoms with Crippen molar-refractivity contribution in [3.05, 3.63) is 131 Å². The number of carbonyl (C=O) groups excluding carboxylic acids is 2. The quantitative estimate of drug-likeness (QED) is 0.226. The summed E-state index contributed by atoms with van der Waals surface area (Å²) in [7, 11) is 1.63. The van der Waals surface area contributed by atoms with E-state index >= 15 is 0 Å². The highest BCUT2D eigenvalue weighted by molar-refractivity contribution is 6.10. The summed E-state index contributed by atoms with van der Waals surface area (Å²) in [5.41, 5.74) is 4.88. The average Bonchev–Trinajstić information content (AvgIpc) is 2.98. The molecule has 1 fully saturated rings. The van der Waals surface area contributed by atoms with Crippen molar-refractivity contribution in [3.8, 4) is 22.9 Å². The van der Waals surface area contributed by atoms with Gasteiger partial charge >= 0.3 is 0 Å². The number of hydrogen-bond acceptors (Lipinski definition) is 4. The second kappa shape index (κ2) is 11.0. The number of benzene rings is 4. The predicted molar refractivity (Wildman–Crippen MR) is 147 cm³/mol. The highest BCUT2D eigenvalue weighted by Gasteiger charge is 2.49. The van der Waals surface area contributed by atoms with Gasteiger partial charge in [-0.25, -0.2) is 0 Å². The van der Waals surface area contributed by atoms with E-state index < -0.39 is 0 Å². The fourth-order valence-electron chi connectivity index (χ4n) is 4.76. The standard InChI is InChI=1S/C33H26N2O3/c1-38-29-17-15-27(16-18-29)26-11-13-28(14-12-26)32(36)35-31(19-10-23-6-3-2-4-7-23)30(33(35)37)21-24-8-5-9-25(20-24)22-34/h2-20,30-31H,21H2,1H3/b19-10+/t30-,31-/m1/s1. The minimum Gasteiger partial charge on any atom is -0.497 e. The number of methoxy groups -OCH3 is 1. The van der Waals surface area contributed by atoms with Crippen molar-refractivity contribution in [1.82, 2.24) is 4.90 Å². The van der Waals surface area contributed by atoms with Gasteiger partial charge < -0.3 is 4.74 Å². The van der Waals surface area contributed by atoms with E-state index in [-0.39, 0.29) is 23.8 Å². The number of β-lactam (4-membered cyclic amide) rings is 1. The topological polar surface area (TPSA) is 70.4 Å². The lowest BCUT2D eigenvalue weighted by atomic mass is 9.81. The van der Waals surface area contributed by atoms with Crippen molar-refractivity contribution >= 4 is 17.9 Å². The van der Waals surface area contributed by atoms with Gasteiger partial charge in [0.2, 0.25) is 5.91 Å². The molecule has 0 radical (unpaired) electrons. The molecule has 0 aliphatic carbocycles. The van der Waals surface area contributed by atoms with Gasteiger partial charge in [-0.15, -0.1) is 0 Å². The lowest BCUT2D eigenvalue weighted by Gasteiger charge is -2.44. The first kappa shape index (κ1) is 24.7. The molecule has 1 saturated heterocycles. The molecule has 186 valence electrons. The Morgan fingerprint density at radius 1 is 0.921 bits per heavy atom. The number of likely N-dealkylation sites (tertiary alicyclic amines) is 1. The third-order valence-corrected chi connectivity index (χ3v) is 6.84. The summed E-state index contributed by atoms with van der Waals surface area (Å²) in [5, 5.41) is 9.25. The van der Waals surface area contributed by atoms with Crippen LogP contribution in [0.4, 0.5) is 0 Å². The van der Waals surface area contributed by atoms with E-state index in [4.69, 9.17) is 4.74 Å². The number of imide groups is 1. The van der Waals surface area contributed by atoms with Crippen LogP contribution in [0.1, 0.15) is 27.0 Å². The van der Waals surface area contributed by atoms with Gasteiger partial charge in [0.05, 0.1) is 30.7 Å². The zero-order chi connectivity index (χ0) is 26.5. The Labute approximate surface area is 222 Å². The van der Waals surface area contributed by atoms with E-state index in [9.17, 15) is 14.9 Å². The van der Waals surface area contributed by atoms with Crippen LogP contribution in [0.15, 0.2) is 109 Å². The van der Waals surface area contributed by atoms with Gasteiger partial charge in [-0.2, -0.15) is 5.26 Å². The van der Waals surface area contributed by atoms with Crippen LogP contribution in [0.3, 0.4) is 0 Å². The van der Waals surface area contributed by atoms with E-state index in [0.717, 1.165) is 28.0 Å². The van der Waals surface area contributed by atoms with E-state index in [1.54, 1.807) is 31.4 Å². The van der Waals surface area contributed by atoms with Gasteiger partial charge in [0, 0.05) is 5.56 Å². The van der Waals surface area contributed by atoms with Crippen molar-refractivity contribution in [3.63, 3.8) is 0 Å². The molecule has 5 nitrogen and oxygen atoms in total. The molecule has 2 amide bonds. The van der Waals surface area contributed by atoms with Crippen molar-refractivity contribution in [1.29, 1.82) is 5.26 Å². The van der Waals surface area contributed by atoms with Gasteiger partial charge in [0.15, 0.2) is 0 Å². The molecule has 0 spiro atoms. The lowest BCUT2D eigenvalue weighted by Crippen LogP contribution is -2.62. The number of nitriles is 1. The van der Waals surface area contributed by atoms with Crippen LogP contribution in [-0.2, 0) is 11.2 Å². The molecular formula is C33H26N2O3. The minimum atomic E-state index is -0.387. The fraction of sp³-hybridized carbons (Fsp3) is 0.121. The molecule has 1 heterocycles. The molecule has 0 aromatic heterocycles. The number of amides is 2. The lowest BCUT2D eigenvalue weighted by molar-refractivity contribution is -0.147. The number of nitrogens with zero attached hydrogens (tertiary/aromatic N) is 2. The molecular weight excluding hydrogens is 472 g/mol. The SMILES string of the molecule is COc1ccc(-c2ccc(C(=O)N3C(=O)[C@H](Cc4cccc(C#N)c4)[C@H]3/C=C/c3ccccc3)cc2)cc1. The second-order valence-electron chi connectivity index (χ2n) is 9.20. The maximum Gasteiger partial charge on any atom is 0.261 e. The van der Waals surface area contributed by atoms with Crippen molar-refractivity contribution < 1.29 is 14.3 Å². The first-order valence-corrected chi connectivity index (χ1v) is 12.4. The highest BCUT2D eigenvalue weighted by Crippen LogP contribution is 2.34.